The normalized spacial score (nSPS) is 16.1. The Balaban J connectivity index is 1.18. The monoisotopic (exact) mass is 615 g/mol. The molecular formula is C37H37N5O2S. The number of aromatic amines is 1. The van der Waals surface area contributed by atoms with E-state index >= 15 is 0 Å². The van der Waals surface area contributed by atoms with Crippen LogP contribution >= 0.6 is 11.3 Å². The summed E-state index contributed by atoms with van der Waals surface area (Å²) in [5.74, 6) is 0.332. The Hall–Kier alpha value is -4.53. The lowest BCUT2D eigenvalue weighted by molar-refractivity contribution is -0.132. The van der Waals surface area contributed by atoms with Crippen molar-refractivity contribution >= 4 is 38.8 Å². The number of fused-ring (bicyclic) bond motifs is 2. The maximum atomic E-state index is 14.3. The summed E-state index contributed by atoms with van der Waals surface area (Å²) in [6.45, 7) is 1.62. The predicted octanol–water partition coefficient (Wildman–Crippen LogP) is 6.21. The number of H-pyrrole nitrogens is 1. The highest BCUT2D eigenvalue weighted by molar-refractivity contribution is 7.17. The molecule has 0 bridgehead atoms. The van der Waals surface area contributed by atoms with Gasteiger partial charge in [0.15, 0.2) is 0 Å². The first-order valence-electron chi connectivity index (χ1n) is 15.8. The number of nitrogens with zero attached hydrogens (tertiary/aromatic N) is 1. The Labute approximate surface area is 267 Å². The molecule has 0 saturated carbocycles. The van der Waals surface area contributed by atoms with Gasteiger partial charge in [0.05, 0.1) is 17.9 Å². The molecule has 5 aromatic rings. The zero-order valence-electron chi connectivity index (χ0n) is 25.1. The zero-order valence-corrected chi connectivity index (χ0v) is 25.9. The van der Waals surface area contributed by atoms with Crippen molar-refractivity contribution in [2.75, 3.05) is 13.1 Å². The van der Waals surface area contributed by atoms with E-state index in [2.05, 4.69) is 68.8 Å². The van der Waals surface area contributed by atoms with Gasteiger partial charge in [-0.2, -0.15) is 0 Å². The van der Waals surface area contributed by atoms with Crippen molar-refractivity contribution in [2.45, 2.75) is 44.2 Å². The van der Waals surface area contributed by atoms with Crippen LogP contribution in [0.4, 0.5) is 0 Å². The summed E-state index contributed by atoms with van der Waals surface area (Å²) in [5, 5.41) is 13.1. The molecule has 7 rings (SSSR count). The summed E-state index contributed by atoms with van der Waals surface area (Å²) in [5.41, 5.74) is 6.68. The van der Waals surface area contributed by atoms with Crippen LogP contribution in [0.5, 0.6) is 0 Å². The highest BCUT2D eigenvalue weighted by Gasteiger charge is 2.31. The predicted molar refractivity (Wildman–Crippen MR) is 181 cm³/mol. The van der Waals surface area contributed by atoms with Gasteiger partial charge in [0.1, 0.15) is 11.9 Å². The van der Waals surface area contributed by atoms with Crippen LogP contribution in [0.3, 0.4) is 0 Å². The van der Waals surface area contributed by atoms with Crippen LogP contribution in [-0.4, -0.2) is 40.9 Å². The van der Waals surface area contributed by atoms with E-state index in [0.29, 0.717) is 18.7 Å². The van der Waals surface area contributed by atoms with Gasteiger partial charge in [0.25, 0.3) is 0 Å². The van der Waals surface area contributed by atoms with Gasteiger partial charge >= 0.3 is 0 Å². The minimum atomic E-state index is -0.721. The van der Waals surface area contributed by atoms with E-state index in [0.717, 1.165) is 54.6 Å². The van der Waals surface area contributed by atoms with E-state index < -0.39 is 12.1 Å². The van der Waals surface area contributed by atoms with E-state index in [4.69, 9.17) is 4.98 Å². The van der Waals surface area contributed by atoms with Gasteiger partial charge in [-0.25, -0.2) is 4.98 Å². The molecule has 0 radical (unpaired) electrons. The first kappa shape index (κ1) is 29.2. The second-order valence-electron chi connectivity index (χ2n) is 12.0. The van der Waals surface area contributed by atoms with E-state index in [1.54, 1.807) is 11.3 Å². The highest BCUT2D eigenvalue weighted by atomic mass is 32.1. The molecule has 3 heterocycles. The fourth-order valence-electron chi connectivity index (χ4n) is 6.53. The number of allylic oxidation sites excluding steroid dienone is 1. The number of nitrogens with one attached hydrogen (secondary N) is 4. The van der Waals surface area contributed by atoms with Crippen molar-refractivity contribution in [3.63, 3.8) is 0 Å². The second kappa shape index (κ2) is 13.2. The molecule has 4 N–H and O–H groups in total. The number of imidazole rings is 1. The fourth-order valence-corrected chi connectivity index (χ4v) is 7.50. The van der Waals surface area contributed by atoms with Crippen LogP contribution < -0.4 is 16.0 Å². The Morgan fingerprint density at radius 3 is 2.56 bits per heavy atom. The van der Waals surface area contributed by atoms with Crippen molar-refractivity contribution in [3.05, 3.63) is 119 Å². The molecule has 2 amide bonds. The van der Waals surface area contributed by atoms with Crippen LogP contribution in [0.1, 0.15) is 47.8 Å². The van der Waals surface area contributed by atoms with Crippen LogP contribution in [0.25, 0.3) is 26.9 Å². The highest BCUT2D eigenvalue weighted by Crippen LogP contribution is 2.34. The van der Waals surface area contributed by atoms with Gasteiger partial charge in [-0.15, -0.1) is 11.3 Å². The molecule has 45 heavy (non-hydrogen) atoms. The third kappa shape index (κ3) is 6.48. The second-order valence-corrected chi connectivity index (χ2v) is 12.9. The molecule has 1 saturated heterocycles. The Bertz CT molecular complexity index is 1840. The number of hydrogen-bond donors (Lipinski definition) is 4. The minimum absolute atomic E-state index is 0.0514. The fraction of sp³-hybridized carbons (Fsp3) is 0.270. The largest absolute Gasteiger partial charge is 0.344 e. The average Bonchev–Trinajstić information content (AvgIpc) is 3.84. The first-order chi connectivity index (χ1) is 22.1. The number of amides is 2. The van der Waals surface area contributed by atoms with E-state index in [-0.39, 0.29) is 17.7 Å². The Morgan fingerprint density at radius 1 is 0.911 bits per heavy atom. The number of hydrogen-bond acceptors (Lipinski definition) is 5. The lowest BCUT2D eigenvalue weighted by atomic mass is 9.95. The number of benzene rings is 3. The number of thiophene rings is 1. The summed E-state index contributed by atoms with van der Waals surface area (Å²) >= 11 is 1.67. The third-order valence-electron chi connectivity index (χ3n) is 9.01. The van der Waals surface area contributed by atoms with Crippen molar-refractivity contribution < 1.29 is 9.59 Å². The molecule has 2 aromatic heterocycles. The molecule has 0 unspecified atom stereocenters. The molecule has 8 heteroatoms. The molecule has 228 valence electrons. The summed E-state index contributed by atoms with van der Waals surface area (Å²) in [7, 11) is 0. The van der Waals surface area contributed by atoms with Crippen molar-refractivity contribution in [1.29, 1.82) is 0 Å². The smallest absolute Gasteiger partial charge is 0.243 e. The van der Waals surface area contributed by atoms with E-state index in [1.807, 2.05) is 48.7 Å². The summed E-state index contributed by atoms with van der Waals surface area (Å²) in [6, 6.07) is 25.6. The Morgan fingerprint density at radius 2 is 1.69 bits per heavy atom. The van der Waals surface area contributed by atoms with Gasteiger partial charge in [-0.05, 0) is 77.0 Å². The molecule has 0 spiro atoms. The number of carbonyl (C=O) groups excluding carboxylic acids is 2. The van der Waals surface area contributed by atoms with Crippen LogP contribution in [-0.2, 0) is 22.4 Å². The maximum absolute atomic E-state index is 14.3. The van der Waals surface area contributed by atoms with E-state index in [1.165, 1.54) is 21.4 Å². The molecule has 1 aliphatic heterocycles. The standard InChI is InChI=1S/C37H37N5O2S/c43-36(26-16-18-38-19-17-26)42-32(21-28-23-45-34-13-7-6-12-30(28)34)37(44)41-31(20-27-15-14-24-8-4-5-11-29(24)27)35-39-22-33(40-35)25-9-2-1-3-10-25/h1-13,15,22-23,26,31-32,38H,14,16-21H2,(H,39,40)(H,41,44)(H,42,43)/t31-,32-/m1/s1. The number of aromatic nitrogens is 2. The molecule has 7 nitrogen and oxygen atoms in total. The third-order valence-corrected chi connectivity index (χ3v) is 10.0. The minimum Gasteiger partial charge on any atom is -0.344 e. The molecule has 2 aliphatic rings. The summed E-state index contributed by atoms with van der Waals surface area (Å²) in [6.07, 6.45) is 7.49. The molecule has 2 atom stereocenters. The number of carbonyl (C=O) groups is 2. The van der Waals surface area contributed by atoms with Gasteiger partial charge in [-0.3, -0.25) is 9.59 Å². The molecular weight excluding hydrogens is 579 g/mol. The Kier molecular flexibility index (Phi) is 8.58. The van der Waals surface area contributed by atoms with Gasteiger partial charge in [0, 0.05) is 23.5 Å². The molecule has 1 aliphatic carbocycles. The van der Waals surface area contributed by atoms with Crippen LogP contribution in [0, 0.1) is 5.92 Å². The van der Waals surface area contributed by atoms with Crippen molar-refractivity contribution in [3.8, 4) is 11.3 Å². The van der Waals surface area contributed by atoms with Crippen molar-refractivity contribution in [1.82, 2.24) is 25.9 Å². The topological polar surface area (TPSA) is 98.9 Å². The van der Waals surface area contributed by atoms with Crippen molar-refractivity contribution in [2.24, 2.45) is 5.92 Å². The summed E-state index contributed by atoms with van der Waals surface area (Å²) < 4.78 is 1.17. The lowest BCUT2D eigenvalue weighted by Gasteiger charge is -2.27. The van der Waals surface area contributed by atoms with Crippen LogP contribution in [0.15, 0.2) is 96.5 Å². The number of piperidine rings is 1. The van der Waals surface area contributed by atoms with Gasteiger partial charge in [0.2, 0.25) is 11.8 Å². The average molecular weight is 616 g/mol. The lowest BCUT2D eigenvalue weighted by Crippen LogP contribution is -2.51. The quantitative estimate of drug-likeness (QED) is 0.150. The first-order valence-corrected chi connectivity index (χ1v) is 16.6. The van der Waals surface area contributed by atoms with Gasteiger partial charge < -0.3 is 20.9 Å². The van der Waals surface area contributed by atoms with Gasteiger partial charge in [-0.1, -0.05) is 78.9 Å². The van der Waals surface area contributed by atoms with E-state index in [9.17, 15) is 9.59 Å². The molecule has 3 aromatic carbocycles. The van der Waals surface area contributed by atoms with Crippen LogP contribution in [0.2, 0.25) is 0 Å². The SMILES string of the molecule is O=C(N[C@H](Cc1csc2ccccc12)C(=O)N[C@H](CC1=CCc2ccccc21)c1ncc(-c2ccccc2)[nH]1)C1CCNCC1. The summed E-state index contributed by atoms with van der Waals surface area (Å²) in [4.78, 5) is 36.1. The zero-order chi connectivity index (χ0) is 30.6. The maximum Gasteiger partial charge on any atom is 0.243 e. The molecule has 1 fully saturated rings. The number of rotatable bonds is 10.